The van der Waals surface area contributed by atoms with Crippen LogP contribution in [0.3, 0.4) is 0 Å². The van der Waals surface area contributed by atoms with Gasteiger partial charge in [0.2, 0.25) is 11.8 Å². The van der Waals surface area contributed by atoms with E-state index in [1.165, 1.54) is 0 Å². The second-order valence-corrected chi connectivity index (χ2v) is 6.87. The van der Waals surface area contributed by atoms with Gasteiger partial charge in [-0.1, -0.05) is 13.8 Å². The van der Waals surface area contributed by atoms with Gasteiger partial charge in [-0.15, -0.1) is 0 Å². The molecule has 132 valence electrons. The molecule has 6 heteroatoms. The van der Waals surface area contributed by atoms with Crippen molar-refractivity contribution in [2.24, 2.45) is 17.6 Å². The third-order valence-electron chi connectivity index (χ3n) is 4.99. The Morgan fingerprint density at radius 3 is 2.54 bits per heavy atom. The minimum absolute atomic E-state index is 0.0423. The molecular weight excluding hydrogens is 306 g/mol. The van der Waals surface area contributed by atoms with Gasteiger partial charge in [-0.05, 0) is 37.1 Å². The van der Waals surface area contributed by atoms with Gasteiger partial charge in [-0.2, -0.15) is 0 Å². The third kappa shape index (κ3) is 3.70. The summed E-state index contributed by atoms with van der Waals surface area (Å²) in [4.78, 5) is 26.5. The largest absolute Gasteiger partial charge is 0.497 e. The quantitative estimate of drug-likeness (QED) is 0.827. The fourth-order valence-corrected chi connectivity index (χ4v) is 2.71. The number of nitrogens with zero attached hydrogens (tertiary/aromatic N) is 1. The molecule has 2 atom stereocenters. The molecule has 1 aromatic rings. The van der Waals surface area contributed by atoms with Crippen molar-refractivity contribution in [1.82, 2.24) is 5.32 Å². The Balaban J connectivity index is 2.07. The van der Waals surface area contributed by atoms with Crippen LogP contribution >= 0.6 is 0 Å². The first kappa shape index (κ1) is 18.3. The number of anilines is 1. The van der Waals surface area contributed by atoms with Crippen LogP contribution in [0.4, 0.5) is 5.69 Å². The Morgan fingerprint density at radius 2 is 2.04 bits per heavy atom. The predicted octanol–water partition coefficient (Wildman–Crippen LogP) is 1.54. The van der Waals surface area contributed by atoms with E-state index in [0.717, 1.165) is 11.4 Å². The molecule has 1 aromatic carbocycles. The van der Waals surface area contributed by atoms with Gasteiger partial charge in [0.05, 0.1) is 18.6 Å². The molecule has 0 saturated carbocycles. The molecule has 1 aliphatic rings. The van der Waals surface area contributed by atoms with Crippen molar-refractivity contribution in [2.45, 2.75) is 32.7 Å². The molecule has 1 aliphatic heterocycles. The van der Waals surface area contributed by atoms with Crippen molar-refractivity contribution in [3.63, 3.8) is 0 Å². The molecule has 1 heterocycles. The Kier molecular flexibility index (Phi) is 5.49. The molecule has 3 N–H and O–H groups in total. The number of benzene rings is 1. The lowest BCUT2D eigenvalue weighted by Gasteiger charge is -2.34. The number of amides is 2. The van der Waals surface area contributed by atoms with E-state index in [9.17, 15) is 9.59 Å². The molecule has 0 bridgehead atoms. The number of nitrogens with one attached hydrogen (secondary N) is 1. The number of hydrogen-bond acceptors (Lipinski definition) is 4. The van der Waals surface area contributed by atoms with Gasteiger partial charge in [0.25, 0.3) is 0 Å². The fraction of sp³-hybridized carbons (Fsp3) is 0.556. The minimum atomic E-state index is -0.465. The molecule has 2 amide bonds. The van der Waals surface area contributed by atoms with E-state index in [0.29, 0.717) is 13.1 Å². The second kappa shape index (κ2) is 7.21. The zero-order chi connectivity index (χ0) is 17.9. The number of carbonyl (C=O) groups excluding carboxylic acids is 2. The summed E-state index contributed by atoms with van der Waals surface area (Å²) >= 11 is 0. The van der Waals surface area contributed by atoms with Crippen LogP contribution in [0.25, 0.3) is 0 Å². The van der Waals surface area contributed by atoms with E-state index < -0.39 is 5.54 Å². The maximum atomic E-state index is 12.6. The van der Waals surface area contributed by atoms with Gasteiger partial charge in [0, 0.05) is 25.2 Å². The van der Waals surface area contributed by atoms with Gasteiger partial charge < -0.3 is 20.7 Å². The van der Waals surface area contributed by atoms with E-state index in [2.05, 4.69) is 5.32 Å². The molecule has 0 radical (unpaired) electrons. The van der Waals surface area contributed by atoms with Gasteiger partial charge in [0.15, 0.2) is 0 Å². The monoisotopic (exact) mass is 333 g/mol. The van der Waals surface area contributed by atoms with Crippen LogP contribution in [-0.4, -0.2) is 37.6 Å². The van der Waals surface area contributed by atoms with Crippen LogP contribution < -0.4 is 20.7 Å². The Labute approximate surface area is 143 Å². The zero-order valence-corrected chi connectivity index (χ0v) is 14.8. The summed E-state index contributed by atoms with van der Waals surface area (Å²) in [5.74, 6) is 0.432. The van der Waals surface area contributed by atoms with E-state index in [1.807, 2.05) is 32.9 Å². The molecule has 2 rings (SSSR count). The van der Waals surface area contributed by atoms with Crippen LogP contribution in [0.2, 0.25) is 0 Å². The van der Waals surface area contributed by atoms with Crippen molar-refractivity contribution >= 4 is 17.5 Å². The maximum Gasteiger partial charge on any atom is 0.227 e. The third-order valence-corrected chi connectivity index (χ3v) is 4.99. The van der Waals surface area contributed by atoms with Crippen molar-refractivity contribution in [1.29, 1.82) is 0 Å². The molecule has 0 aliphatic carbocycles. The Hall–Kier alpha value is -2.08. The van der Waals surface area contributed by atoms with Crippen LogP contribution in [0.15, 0.2) is 24.3 Å². The second-order valence-electron chi connectivity index (χ2n) is 6.87. The molecular formula is C18H27N3O3. The summed E-state index contributed by atoms with van der Waals surface area (Å²) in [6.07, 6.45) is 0.219. The highest BCUT2D eigenvalue weighted by Crippen LogP contribution is 2.27. The highest BCUT2D eigenvalue weighted by atomic mass is 16.5. The lowest BCUT2D eigenvalue weighted by molar-refractivity contribution is -0.128. The number of nitrogens with two attached hydrogens (primary N) is 1. The Morgan fingerprint density at radius 1 is 1.42 bits per heavy atom. The first-order valence-electron chi connectivity index (χ1n) is 8.27. The lowest BCUT2D eigenvalue weighted by atomic mass is 9.87. The van der Waals surface area contributed by atoms with Gasteiger partial charge in [-0.25, -0.2) is 0 Å². The van der Waals surface area contributed by atoms with E-state index in [4.69, 9.17) is 10.5 Å². The molecule has 2 unspecified atom stereocenters. The van der Waals surface area contributed by atoms with Gasteiger partial charge in [-0.3, -0.25) is 9.59 Å². The van der Waals surface area contributed by atoms with E-state index in [1.54, 1.807) is 24.1 Å². The van der Waals surface area contributed by atoms with Gasteiger partial charge >= 0.3 is 0 Å². The van der Waals surface area contributed by atoms with Crippen molar-refractivity contribution < 1.29 is 14.3 Å². The maximum absolute atomic E-state index is 12.6. The first-order valence-corrected chi connectivity index (χ1v) is 8.27. The molecule has 6 nitrogen and oxygen atoms in total. The van der Waals surface area contributed by atoms with Crippen LogP contribution in [0, 0.1) is 11.8 Å². The number of ether oxygens (including phenoxy) is 1. The number of methoxy groups -OCH3 is 1. The van der Waals surface area contributed by atoms with Crippen molar-refractivity contribution in [3.8, 4) is 5.75 Å². The van der Waals surface area contributed by atoms with Gasteiger partial charge in [0.1, 0.15) is 5.75 Å². The fourth-order valence-electron chi connectivity index (χ4n) is 2.71. The molecule has 1 fully saturated rings. The zero-order valence-electron chi connectivity index (χ0n) is 14.8. The highest BCUT2D eigenvalue weighted by Gasteiger charge is 2.38. The summed E-state index contributed by atoms with van der Waals surface area (Å²) in [6, 6.07) is 7.27. The predicted molar refractivity (Wildman–Crippen MR) is 93.9 cm³/mol. The summed E-state index contributed by atoms with van der Waals surface area (Å²) < 4.78 is 5.13. The summed E-state index contributed by atoms with van der Waals surface area (Å²) in [7, 11) is 1.60. The van der Waals surface area contributed by atoms with E-state index in [-0.39, 0.29) is 30.1 Å². The SMILES string of the molecule is COc1ccc(N2CC(C(=O)NC(C)(CN)C(C)C)CC2=O)cc1. The lowest BCUT2D eigenvalue weighted by Crippen LogP contribution is -2.56. The van der Waals surface area contributed by atoms with Crippen LogP contribution in [-0.2, 0) is 9.59 Å². The number of rotatable bonds is 6. The summed E-state index contributed by atoms with van der Waals surface area (Å²) in [5, 5.41) is 3.03. The average Bonchev–Trinajstić information content (AvgIpc) is 2.96. The van der Waals surface area contributed by atoms with Crippen LogP contribution in [0.1, 0.15) is 27.2 Å². The highest BCUT2D eigenvalue weighted by molar-refractivity contribution is 6.00. The average molecular weight is 333 g/mol. The first-order chi connectivity index (χ1) is 11.3. The smallest absolute Gasteiger partial charge is 0.227 e. The molecule has 0 spiro atoms. The summed E-state index contributed by atoms with van der Waals surface area (Å²) in [5.41, 5.74) is 6.14. The Bertz CT molecular complexity index is 600. The minimum Gasteiger partial charge on any atom is -0.497 e. The number of hydrogen-bond donors (Lipinski definition) is 2. The van der Waals surface area contributed by atoms with Crippen molar-refractivity contribution in [3.05, 3.63) is 24.3 Å². The standard InChI is InChI=1S/C18H27N3O3/c1-12(2)18(3,11-19)20-17(23)13-9-16(22)21(10-13)14-5-7-15(24-4)8-6-14/h5-8,12-13H,9-11,19H2,1-4H3,(H,20,23). The van der Waals surface area contributed by atoms with Crippen molar-refractivity contribution in [2.75, 3.05) is 25.1 Å². The molecule has 1 saturated heterocycles. The molecule has 0 aromatic heterocycles. The topological polar surface area (TPSA) is 84.7 Å². The normalized spacial score (nSPS) is 20.2. The van der Waals surface area contributed by atoms with Crippen LogP contribution in [0.5, 0.6) is 5.75 Å². The molecule has 24 heavy (non-hydrogen) atoms. The summed E-state index contributed by atoms with van der Waals surface area (Å²) in [6.45, 7) is 6.73. The van der Waals surface area contributed by atoms with E-state index >= 15 is 0 Å². The number of carbonyl (C=O) groups is 2.